The second-order valence-electron chi connectivity index (χ2n) is 3.89. The van der Waals surface area contributed by atoms with Gasteiger partial charge in [-0.05, 0) is 38.1 Å². The smallest absolute Gasteiger partial charge is 0.258 e. The second-order valence-corrected chi connectivity index (χ2v) is 4.27. The molecule has 18 heavy (non-hydrogen) atoms. The van der Waals surface area contributed by atoms with E-state index in [1.54, 1.807) is 37.3 Å². The van der Waals surface area contributed by atoms with Crippen LogP contribution in [0.25, 0.3) is 0 Å². The lowest BCUT2D eigenvalue weighted by atomic mass is 10.2. The van der Waals surface area contributed by atoms with Crippen molar-refractivity contribution < 1.29 is 4.79 Å². The Morgan fingerprint density at radius 3 is 2.61 bits per heavy atom. The number of anilines is 1. The maximum Gasteiger partial charge on any atom is 0.258 e. The summed E-state index contributed by atoms with van der Waals surface area (Å²) in [6.07, 6.45) is 0. The van der Waals surface area contributed by atoms with Gasteiger partial charge in [0.1, 0.15) is 11.0 Å². The van der Waals surface area contributed by atoms with Gasteiger partial charge in [-0.3, -0.25) is 9.78 Å². The molecule has 2 aromatic heterocycles. The number of aryl methyl sites for hydroxylation is 2. The van der Waals surface area contributed by atoms with Crippen LogP contribution in [0.1, 0.15) is 21.7 Å². The molecule has 0 bridgehead atoms. The Morgan fingerprint density at radius 1 is 1.17 bits per heavy atom. The molecular weight excluding hydrogens is 250 g/mol. The second kappa shape index (κ2) is 5.14. The third kappa shape index (κ3) is 2.84. The first-order valence-electron chi connectivity index (χ1n) is 5.44. The zero-order chi connectivity index (χ0) is 13.1. The van der Waals surface area contributed by atoms with Gasteiger partial charge < -0.3 is 5.32 Å². The van der Waals surface area contributed by atoms with Gasteiger partial charge in [-0.1, -0.05) is 17.7 Å². The van der Waals surface area contributed by atoms with Gasteiger partial charge >= 0.3 is 0 Å². The standard InChI is InChI=1S/C13H12ClN3O/c1-8-6-7-10(9(2)15-8)13(18)17-12-5-3-4-11(14)16-12/h3-7H,1-2H3,(H,16,17,18). The molecule has 2 aromatic rings. The number of carbonyl (C=O) groups excluding carboxylic acids is 1. The van der Waals surface area contributed by atoms with Crippen molar-refractivity contribution in [3.63, 3.8) is 0 Å². The summed E-state index contributed by atoms with van der Waals surface area (Å²) in [4.78, 5) is 20.3. The summed E-state index contributed by atoms with van der Waals surface area (Å²) in [6.45, 7) is 3.68. The zero-order valence-electron chi connectivity index (χ0n) is 10.1. The molecule has 92 valence electrons. The van der Waals surface area contributed by atoms with Crippen molar-refractivity contribution in [1.82, 2.24) is 9.97 Å². The van der Waals surface area contributed by atoms with Crippen molar-refractivity contribution in [3.05, 3.63) is 52.4 Å². The van der Waals surface area contributed by atoms with Gasteiger partial charge in [0.25, 0.3) is 5.91 Å². The largest absolute Gasteiger partial charge is 0.306 e. The molecule has 1 amide bonds. The SMILES string of the molecule is Cc1ccc(C(=O)Nc2cccc(Cl)n2)c(C)n1. The highest BCUT2D eigenvalue weighted by Gasteiger charge is 2.10. The molecule has 0 aromatic carbocycles. The van der Waals surface area contributed by atoms with E-state index >= 15 is 0 Å². The summed E-state index contributed by atoms with van der Waals surface area (Å²) in [5.74, 6) is 0.183. The van der Waals surface area contributed by atoms with Crippen LogP contribution in [0.4, 0.5) is 5.82 Å². The van der Waals surface area contributed by atoms with E-state index in [1.165, 1.54) is 0 Å². The summed E-state index contributed by atoms with van der Waals surface area (Å²) in [6, 6.07) is 8.60. The lowest BCUT2D eigenvalue weighted by Crippen LogP contribution is -2.15. The van der Waals surface area contributed by atoms with E-state index in [9.17, 15) is 4.79 Å². The van der Waals surface area contributed by atoms with E-state index in [2.05, 4.69) is 15.3 Å². The van der Waals surface area contributed by atoms with E-state index in [4.69, 9.17) is 11.6 Å². The average molecular weight is 262 g/mol. The summed E-state index contributed by atoms with van der Waals surface area (Å²) in [5.41, 5.74) is 2.10. The molecule has 0 saturated carbocycles. The highest BCUT2D eigenvalue weighted by atomic mass is 35.5. The Labute approximate surface area is 110 Å². The minimum Gasteiger partial charge on any atom is -0.306 e. The number of nitrogens with zero attached hydrogens (tertiary/aromatic N) is 2. The molecule has 0 spiro atoms. The lowest BCUT2D eigenvalue weighted by molar-refractivity contribution is 0.102. The van der Waals surface area contributed by atoms with Crippen LogP contribution in [0.5, 0.6) is 0 Å². The van der Waals surface area contributed by atoms with Crippen LogP contribution in [0, 0.1) is 13.8 Å². The number of amides is 1. The molecule has 5 heteroatoms. The topological polar surface area (TPSA) is 54.9 Å². The molecule has 0 unspecified atom stereocenters. The summed E-state index contributed by atoms with van der Waals surface area (Å²) >= 11 is 5.75. The van der Waals surface area contributed by atoms with E-state index in [1.807, 2.05) is 6.92 Å². The molecule has 0 saturated heterocycles. The summed E-state index contributed by atoms with van der Waals surface area (Å²) in [7, 11) is 0. The van der Waals surface area contributed by atoms with E-state index < -0.39 is 0 Å². The molecule has 2 rings (SSSR count). The normalized spacial score (nSPS) is 10.2. The Bertz CT molecular complexity index is 599. The molecule has 2 heterocycles. The van der Waals surface area contributed by atoms with Crippen molar-refractivity contribution >= 4 is 23.3 Å². The number of hydrogen-bond acceptors (Lipinski definition) is 3. The summed E-state index contributed by atoms with van der Waals surface area (Å²) in [5, 5.41) is 3.02. The van der Waals surface area contributed by atoms with Crippen LogP contribution in [-0.2, 0) is 0 Å². The number of nitrogens with one attached hydrogen (secondary N) is 1. The van der Waals surface area contributed by atoms with Gasteiger partial charge in [-0.15, -0.1) is 0 Å². The Kier molecular flexibility index (Phi) is 3.58. The van der Waals surface area contributed by atoms with Gasteiger partial charge in [0.2, 0.25) is 0 Å². The van der Waals surface area contributed by atoms with Crippen molar-refractivity contribution in [2.24, 2.45) is 0 Å². The average Bonchev–Trinajstić information content (AvgIpc) is 2.28. The highest BCUT2D eigenvalue weighted by Crippen LogP contribution is 2.12. The van der Waals surface area contributed by atoms with Crippen LogP contribution in [0.2, 0.25) is 5.15 Å². The first-order valence-corrected chi connectivity index (χ1v) is 5.82. The van der Waals surface area contributed by atoms with E-state index in [-0.39, 0.29) is 5.91 Å². The third-order valence-corrected chi connectivity index (χ3v) is 2.64. The lowest BCUT2D eigenvalue weighted by Gasteiger charge is -2.07. The third-order valence-electron chi connectivity index (χ3n) is 2.43. The first-order chi connectivity index (χ1) is 8.56. The van der Waals surface area contributed by atoms with Crippen molar-refractivity contribution in [2.75, 3.05) is 5.32 Å². The number of aromatic nitrogens is 2. The van der Waals surface area contributed by atoms with E-state index in [0.29, 0.717) is 22.2 Å². The van der Waals surface area contributed by atoms with Gasteiger partial charge in [0, 0.05) is 5.69 Å². The monoisotopic (exact) mass is 261 g/mol. The highest BCUT2D eigenvalue weighted by molar-refractivity contribution is 6.29. The molecule has 4 nitrogen and oxygen atoms in total. The van der Waals surface area contributed by atoms with Crippen molar-refractivity contribution in [3.8, 4) is 0 Å². The maximum absolute atomic E-state index is 12.0. The fraction of sp³-hybridized carbons (Fsp3) is 0.154. The number of carbonyl (C=O) groups is 1. The molecule has 0 radical (unpaired) electrons. The quantitative estimate of drug-likeness (QED) is 0.846. The molecule has 0 fully saturated rings. The van der Waals surface area contributed by atoms with Crippen LogP contribution < -0.4 is 5.32 Å². The van der Waals surface area contributed by atoms with E-state index in [0.717, 1.165) is 5.69 Å². The fourth-order valence-electron chi connectivity index (χ4n) is 1.59. The fourth-order valence-corrected chi connectivity index (χ4v) is 1.75. The Hall–Kier alpha value is -1.94. The maximum atomic E-state index is 12.0. The summed E-state index contributed by atoms with van der Waals surface area (Å²) < 4.78 is 0. The molecular formula is C13H12ClN3O. The molecule has 0 aliphatic heterocycles. The Balaban J connectivity index is 2.22. The molecule has 0 atom stereocenters. The number of rotatable bonds is 2. The van der Waals surface area contributed by atoms with Gasteiger partial charge in [0.05, 0.1) is 11.3 Å². The van der Waals surface area contributed by atoms with Crippen LogP contribution in [0.3, 0.4) is 0 Å². The van der Waals surface area contributed by atoms with Crippen molar-refractivity contribution in [1.29, 1.82) is 0 Å². The number of halogens is 1. The minimum absolute atomic E-state index is 0.241. The van der Waals surface area contributed by atoms with Crippen LogP contribution in [0.15, 0.2) is 30.3 Å². The zero-order valence-corrected chi connectivity index (χ0v) is 10.8. The first kappa shape index (κ1) is 12.5. The van der Waals surface area contributed by atoms with Gasteiger partial charge in [0.15, 0.2) is 0 Å². The predicted octanol–water partition coefficient (Wildman–Crippen LogP) is 3.00. The molecule has 0 aliphatic carbocycles. The molecule has 0 aliphatic rings. The number of pyridine rings is 2. The van der Waals surface area contributed by atoms with Crippen LogP contribution >= 0.6 is 11.6 Å². The predicted molar refractivity (Wildman–Crippen MR) is 70.9 cm³/mol. The molecule has 1 N–H and O–H groups in total. The van der Waals surface area contributed by atoms with Crippen molar-refractivity contribution in [2.45, 2.75) is 13.8 Å². The minimum atomic E-state index is -0.241. The van der Waals surface area contributed by atoms with Gasteiger partial charge in [-0.2, -0.15) is 0 Å². The number of hydrogen-bond donors (Lipinski definition) is 1. The Morgan fingerprint density at radius 2 is 1.94 bits per heavy atom. The van der Waals surface area contributed by atoms with Gasteiger partial charge in [-0.25, -0.2) is 4.98 Å². The van der Waals surface area contributed by atoms with Crippen LogP contribution in [-0.4, -0.2) is 15.9 Å².